The molecule has 0 fully saturated rings. The molecule has 0 radical (unpaired) electrons. The molecule has 20 heavy (non-hydrogen) atoms. The van der Waals surface area contributed by atoms with E-state index in [0.717, 1.165) is 6.42 Å². The van der Waals surface area contributed by atoms with E-state index in [2.05, 4.69) is 0 Å². The van der Waals surface area contributed by atoms with Crippen LogP contribution in [0.1, 0.15) is 40.0 Å². The molecule has 0 heterocycles. The molecule has 5 nitrogen and oxygen atoms in total. The highest BCUT2D eigenvalue weighted by Crippen LogP contribution is 2.37. The molecule has 0 saturated carbocycles. The fourth-order valence-electron chi connectivity index (χ4n) is 1.38. The Kier molecular flexibility index (Phi) is 6.56. The Balaban J connectivity index is 3.06. The van der Waals surface area contributed by atoms with Crippen LogP contribution in [0.3, 0.4) is 0 Å². The summed E-state index contributed by atoms with van der Waals surface area (Å²) >= 11 is 0. The Morgan fingerprint density at radius 2 is 1.55 bits per heavy atom. The molecule has 0 N–H and O–H groups in total. The molecular weight excluding hydrogens is 260 g/mol. The molecule has 0 atom stereocenters. The van der Waals surface area contributed by atoms with Crippen LogP contribution in [0, 0.1) is 0 Å². The lowest BCUT2D eigenvalue weighted by Crippen LogP contribution is -2.12. The topological polar surface area (TPSA) is 61.8 Å². The molecule has 5 heteroatoms. The van der Waals surface area contributed by atoms with Crippen LogP contribution >= 0.6 is 0 Å². The van der Waals surface area contributed by atoms with Gasteiger partial charge in [0.2, 0.25) is 5.75 Å². The van der Waals surface area contributed by atoms with Crippen molar-refractivity contribution in [3.05, 3.63) is 18.2 Å². The van der Waals surface area contributed by atoms with Crippen LogP contribution in [0.4, 0.5) is 0 Å². The second kappa shape index (κ2) is 8.19. The average Bonchev–Trinajstić information content (AvgIpc) is 2.47. The van der Waals surface area contributed by atoms with Crippen LogP contribution < -0.4 is 14.2 Å². The van der Waals surface area contributed by atoms with Crippen LogP contribution in [0.2, 0.25) is 0 Å². The summed E-state index contributed by atoms with van der Waals surface area (Å²) in [5.41, 5.74) is 0. The van der Waals surface area contributed by atoms with Crippen molar-refractivity contribution in [2.24, 2.45) is 0 Å². The molecule has 0 aliphatic heterocycles. The number of hydrogen-bond acceptors (Lipinski definition) is 5. The molecule has 0 unspecified atom stereocenters. The first kappa shape index (κ1) is 16.0. The zero-order valence-corrected chi connectivity index (χ0v) is 12.1. The molecule has 1 aromatic carbocycles. The van der Waals surface area contributed by atoms with Crippen molar-refractivity contribution in [2.75, 3.05) is 6.61 Å². The van der Waals surface area contributed by atoms with Gasteiger partial charge in [-0.05, 0) is 18.6 Å². The largest absolute Gasteiger partial charge is 0.490 e. The molecule has 110 valence electrons. The minimum Gasteiger partial charge on any atom is -0.490 e. The lowest BCUT2D eigenvalue weighted by molar-refractivity contribution is -0.136. The van der Waals surface area contributed by atoms with E-state index in [1.807, 2.05) is 6.92 Å². The summed E-state index contributed by atoms with van der Waals surface area (Å²) in [4.78, 5) is 22.9. The summed E-state index contributed by atoms with van der Waals surface area (Å²) in [6, 6.07) is 4.94. The van der Waals surface area contributed by atoms with Crippen molar-refractivity contribution >= 4 is 11.9 Å². The lowest BCUT2D eigenvalue weighted by Gasteiger charge is -2.14. The number of carbonyl (C=O) groups excluding carboxylic acids is 2. The van der Waals surface area contributed by atoms with Crippen LogP contribution in [-0.4, -0.2) is 18.5 Å². The van der Waals surface area contributed by atoms with E-state index in [4.69, 9.17) is 14.2 Å². The second-order valence-corrected chi connectivity index (χ2v) is 4.09. The Labute approximate surface area is 118 Å². The molecule has 0 aliphatic carbocycles. The van der Waals surface area contributed by atoms with E-state index >= 15 is 0 Å². The molecule has 0 saturated heterocycles. The van der Waals surface area contributed by atoms with E-state index in [-0.39, 0.29) is 24.3 Å². The quantitative estimate of drug-likeness (QED) is 0.567. The number of esters is 2. The number of hydrogen-bond donors (Lipinski definition) is 0. The van der Waals surface area contributed by atoms with E-state index in [9.17, 15) is 9.59 Å². The number of ether oxygens (including phenoxy) is 3. The van der Waals surface area contributed by atoms with Crippen molar-refractivity contribution in [1.29, 1.82) is 0 Å². The van der Waals surface area contributed by atoms with Crippen LogP contribution in [0.25, 0.3) is 0 Å². The van der Waals surface area contributed by atoms with Crippen molar-refractivity contribution in [3.63, 3.8) is 0 Å². The van der Waals surface area contributed by atoms with Gasteiger partial charge in [0.25, 0.3) is 0 Å². The second-order valence-electron chi connectivity index (χ2n) is 4.09. The molecule has 0 aliphatic rings. The van der Waals surface area contributed by atoms with Gasteiger partial charge in [-0.15, -0.1) is 0 Å². The minimum atomic E-state index is -0.411. The maximum Gasteiger partial charge on any atom is 0.311 e. The summed E-state index contributed by atoms with van der Waals surface area (Å²) < 4.78 is 15.9. The van der Waals surface area contributed by atoms with Gasteiger partial charge in [-0.3, -0.25) is 9.59 Å². The van der Waals surface area contributed by atoms with Gasteiger partial charge in [0.15, 0.2) is 11.5 Å². The van der Waals surface area contributed by atoms with Gasteiger partial charge in [0.1, 0.15) is 0 Å². The first-order valence-corrected chi connectivity index (χ1v) is 6.79. The van der Waals surface area contributed by atoms with Gasteiger partial charge in [-0.2, -0.15) is 0 Å². The third-order valence-corrected chi connectivity index (χ3v) is 2.42. The van der Waals surface area contributed by atoms with Gasteiger partial charge in [0.05, 0.1) is 6.61 Å². The highest BCUT2D eigenvalue weighted by Gasteiger charge is 2.17. The highest BCUT2D eigenvalue weighted by molar-refractivity contribution is 5.77. The first-order valence-electron chi connectivity index (χ1n) is 6.79. The summed E-state index contributed by atoms with van der Waals surface area (Å²) in [5.74, 6) is -0.0466. The number of benzene rings is 1. The molecule has 0 aromatic heterocycles. The van der Waals surface area contributed by atoms with Crippen molar-refractivity contribution in [3.8, 4) is 17.2 Å². The van der Waals surface area contributed by atoms with E-state index < -0.39 is 11.9 Å². The fraction of sp³-hybridized carbons (Fsp3) is 0.467. The lowest BCUT2D eigenvalue weighted by atomic mass is 10.3. The molecular formula is C15H20O5. The van der Waals surface area contributed by atoms with Crippen LogP contribution in [0.5, 0.6) is 17.2 Å². The third-order valence-electron chi connectivity index (χ3n) is 2.42. The minimum absolute atomic E-state index is 0.162. The smallest absolute Gasteiger partial charge is 0.311 e. The predicted octanol–water partition coefficient (Wildman–Crippen LogP) is 3.11. The molecule has 1 aromatic rings. The van der Waals surface area contributed by atoms with Crippen molar-refractivity contribution in [1.82, 2.24) is 0 Å². The van der Waals surface area contributed by atoms with Gasteiger partial charge in [-0.1, -0.05) is 26.8 Å². The Morgan fingerprint density at radius 3 is 2.15 bits per heavy atom. The molecule has 1 rings (SSSR count). The zero-order valence-electron chi connectivity index (χ0n) is 12.1. The van der Waals surface area contributed by atoms with Crippen molar-refractivity contribution in [2.45, 2.75) is 40.0 Å². The van der Waals surface area contributed by atoms with Gasteiger partial charge < -0.3 is 14.2 Å². The zero-order chi connectivity index (χ0) is 15.0. The van der Waals surface area contributed by atoms with Crippen LogP contribution in [0.15, 0.2) is 18.2 Å². The fourth-order valence-corrected chi connectivity index (χ4v) is 1.38. The first-order chi connectivity index (χ1) is 9.62. The maximum absolute atomic E-state index is 11.5. The van der Waals surface area contributed by atoms with Gasteiger partial charge >= 0.3 is 11.9 Å². The number of para-hydroxylation sites is 1. The Hall–Kier alpha value is -2.04. The summed E-state index contributed by atoms with van der Waals surface area (Å²) in [6.07, 6.45) is 1.28. The Morgan fingerprint density at radius 1 is 0.950 bits per heavy atom. The monoisotopic (exact) mass is 280 g/mol. The van der Waals surface area contributed by atoms with Crippen LogP contribution in [-0.2, 0) is 9.59 Å². The van der Waals surface area contributed by atoms with Gasteiger partial charge in [0, 0.05) is 12.8 Å². The average molecular weight is 280 g/mol. The van der Waals surface area contributed by atoms with E-state index in [1.165, 1.54) is 0 Å². The number of rotatable bonds is 7. The SMILES string of the molecule is CCCOc1cccc(OC(=O)CC)c1OC(=O)CC. The normalized spacial score (nSPS) is 9.95. The summed E-state index contributed by atoms with van der Waals surface area (Å²) in [7, 11) is 0. The highest BCUT2D eigenvalue weighted by atomic mass is 16.6. The van der Waals surface area contributed by atoms with E-state index in [0.29, 0.717) is 12.4 Å². The number of carbonyl (C=O) groups is 2. The molecule has 0 spiro atoms. The summed E-state index contributed by atoms with van der Waals surface area (Å²) in [6.45, 7) is 5.84. The molecule has 0 bridgehead atoms. The van der Waals surface area contributed by atoms with E-state index in [1.54, 1.807) is 32.0 Å². The third kappa shape index (κ3) is 4.57. The maximum atomic E-state index is 11.5. The summed E-state index contributed by atoms with van der Waals surface area (Å²) in [5, 5.41) is 0. The molecule has 0 amide bonds. The standard InChI is InChI=1S/C15H20O5/c1-4-10-18-11-8-7-9-12(19-13(16)5-2)15(11)20-14(17)6-3/h7-9H,4-6,10H2,1-3H3. The van der Waals surface area contributed by atoms with Gasteiger partial charge in [-0.25, -0.2) is 0 Å². The predicted molar refractivity (Wildman–Crippen MR) is 74.1 cm³/mol. The van der Waals surface area contributed by atoms with Crippen molar-refractivity contribution < 1.29 is 23.8 Å². The Bertz CT molecular complexity index is 467.